The number of aliphatic carboxylic acids is 2. The van der Waals surface area contributed by atoms with Crippen LogP contribution in [0, 0.1) is 0 Å². The van der Waals surface area contributed by atoms with Gasteiger partial charge in [-0.3, -0.25) is 4.79 Å². The molecule has 2 aromatic rings. The number of amides is 1. The molecule has 0 spiro atoms. The molecule has 1 aliphatic heterocycles. The van der Waals surface area contributed by atoms with Gasteiger partial charge in [-0.25, -0.2) is 28.0 Å². The minimum Gasteiger partial charge on any atom is -0.475 e. The summed E-state index contributed by atoms with van der Waals surface area (Å²) < 4.78 is 91.1. The Morgan fingerprint density at radius 1 is 0.975 bits per heavy atom. The number of sulfonamides is 1. The lowest BCUT2D eigenvalue weighted by molar-refractivity contribution is -0.193. The standard InChI is InChI=1S/C17H19N5O3S.2C2HF3O2/c18-16(13-7-2-1-3-8-13)20-17(22-12-6-10-15(22)23)21-26(24,25)14-9-4-5-11-19-14;2*3-2(4,5)1(6)7/h1-5,7-9,11,17,21H,6,10,12H2,(H2,18,20);2*(H,6,7). The van der Waals surface area contributed by atoms with E-state index in [2.05, 4.69) is 14.7 Å². The second kappa shape index (κ2) is 14.2. The van der Waals surface area contributed by atoms with Crippen molar-refractivity contribution in [3.05, 3.63) is 60.3 Å². The highest BCUT2D eigenvalue weighted by molar-refractivity contribution is 7.89. The average Bonchev–Trinajstić information content (AvgIpc) is 3.30. The molecule has 1 unspecified atom stereocenters. The number of carboxylic acid groups (broad SMARTS) is 2. The van der Waals surface area contributed by atoms with Crippen LogP contribution in [0.25, 0.3) is 0 Å². The molecule has 0 radical (unpaired) electrons. The first-order valence-corrected chi connectivity index (χ1v) is 12.1. The number of rotatable bonds is 6. The number of amidine groups is 1. The summed E-state index contributed by atoms with van der Waals surface area (Å²) in [5.74, 6) is -5.55. The topological polar surface area (TPSA) is 192 Å². The molecule has 0 saturated carbocycles. The maximum atomic E-state index is 12.6. The van der Waals surface area contributed by atoms with Gasteiger partial charge in [-0.2, -0.15) is 31.1 Å². The molecule has 5 N–H and O–H groups in total. The zero-order chi connectivity index (χ0) is 30.7. The number of aromatic nitrogens is 1. The first kappa shape index (κ1) is 33.8. The summed E-state index contributed by atoms with van der Waals surface area (Å²) in [4.78, 5) is 39.4. The Labute approximate surface area is 222 Å². The molecular formula is C21H21F6N5O7S. The number of aliphatic imine (C=N–C) groups is 1. The van der Waals surface area contributed by atoms with Crippen molar-refractivity contribution >= 4 is 33.7 Å². The number of halogens is 6. The number of benzene rings is 1. The second-order valence-corrected chi connectivity index (χ2v) is 9.00. The van der Waals surface area contributed by atoms with E-state index in [1.165, 1.54) is 17.2 Å². The summed E-state index contributed by atoms with van der Waals surface area (Å²) in [5, 5.41) is 14.1. The van der Waals surface area contributed by atoms with Gasteiger partial charge in [-0.05, 0) is 18.6 Å². The highest BCUT2D eigenvalue weighted by Crippen LogP contribution is 2.16. The molecule has 2 heterocycles. The first-order valence-electron chi connectivity index (χ1n) is 10.6. The smallest absolute Gasteiger partial charge is 0.475 e. The lowest BCUT2D eigenvalue weighted by Crippen LogP contribution is -2.48. The third-order valence-corrected chi connectivity index (χ3v) is 5.71. The molecule has 0 aliphatic carbocycles. The maximum Gasteiger partial charge on any atom is 0.490 e. The summed E-state index contributed by atoms with van der Waals surface area (Å²) in [6.07, 6.45) is -8.92. The molecule has 0 bridgehead atoms. The van der Waals surface area contributed by atoms with Crippen LogP contribution in [-0.4, -0.2) is 77.4 Å². The minimum absolute atomic E-state index is 0.138. The SMILES string of the molecule is NC(=NC(NS(=O)(=O)c1ccccn1)N1CCCC1=O)c1ccccc1.O=C(O)C(F)(F)F.O=C(O)C(F)(F)F. The van der Waals surface area contributed by atoms with E-state index in [4.69, 9.17) is 25.5 Å². The zero-order valence-electron chi connectivity index (χ0n) is 19.9. The Morgan fingerprint density at radius 3 is 1.88 bits per heavy atom. The molecule has 1 amide bonds. The van der Waals surface area contributed by atoms with Gasteiger partial charge in [0, 0.05) is 24.7 Å². The average molecular weight is 601 g/mol. The van der Waals surface area contributed by atoms with Gasteiger partial charge in [0.15, 0.2) is 11.3 Å². The molecule has 1 aromatic carbocycles. The van der Waals surface area contributed by atoms with Crippen molar-refractivity contribution in [3.63, 3.8) is 0 Å². The summed E-state index contributed by atoms with van der Waals surface area (Å²) in [6, 6.07) is 13.5. The quantitative estimate of drug-likeness (QED) is 0.218. The number of nitrogens with one attached hydrogen (secondary N) is 1. The highest BCUT2D eigenvalue weighted by atomic mass is 32.2. The van der Waals surface area contributed by atoms with Gasteiger partial charge >= 0.3 is 24.3 Å². The monoisotopic (exact) mass is 601 g/mol. The molecule has 220 valence electrons. The number of pyridine rings is 1. The third-order valence-electron chi connectivity index (χ3n) is 4.39. The normalized spacial score (nSPS) is 14.8. The number of carbonyl (C=O) groups excluding carboxylic acids is 1. The predicted octanol–water partition coefficient (Wildman–Crippen LogP) is 1.94. The first-order chi connectivity index (χ1) is 18.4. The fourth-order valence-corrected chi connectivity index (χ4v) is 3.64. The van der Waals surface area contributed by atoms with Gasteiger partial charge in [-0.1, -0.05) is 36.4 Å². The number of carboxylic acids is 2. The van der Waals surface area contributed by atoms with Crippen molar-refractivity contribution in [3.8, 4) is 0 Å². The van der Waals surface area contributed by atoms with Gasteiger partial charge in [-0.15, -0.1) is 0 Å². The highest BCUT2D eigenvalue weighted by Gasteiger charge is 2.39. The van der Waals surface area contributed by atoms with Crippen molar-refractivity contribution in [1.82, 2.24) is 14.6 Å². The number of nitrogens with two attached hydrogens (primary N) is 1. The number of alkyl halides is 6. The van der Waals surface area contributed by atoms with E-state index in [1.54, 1.807) is 36.4 Å². The van der Waals surface area contributed by atoms with Crippen molar-refractivity contribution in [2.24, 2.45) is 10.7 Å². The van der Waals surface area contributed by atoms with E-state index >= 15 is 0 Å². The van der Waals surface area contributed by atoms with E-state index in [9.17, 15) is 39.6 Å². The number of likely N-dealkylation sites (tertiary alicyclic amines) is 1. The van der Waals surface area contributed by atoms with Crippen LogP contribution in [0.1, 0.15) is 18.4 Å². The fourth-order valence-electron chi connectivity index (χ4n) is 2.61. The Balaban J connectivity index is 0.000000473. The Morgan fingerprint density at radius 2 is 1.48 bits per heavy atom. The summed E-state index contributed by atoms with van der Waals surface area (Å²) in [6.45, 7) is 0.403. The number of hydrogen-bond acceptors (Lipinski definition) is 7. The van der Waals surface area contributed by atoms with Crippen LogP contribution in [0.15, 0.2) is 64.7 Å². The molecule has 1 fully saturated rings. The van der Waals surface area contributed by atoms with Crippen LogP contribution in [0.5, 0.6) is 0 Å². The Bertz CT molecular complexity index is 1270. The van der Waals surface area contributed by atoms with Gasteiger partial charge in [0.05, 0.1) is 0 Å². The molecule has 12 nitrogen and oxygen atoms in total. The molecule has 1 saturated heterocycles. The molecule has 1 aromatic heterocycles. The molecular weight excluding hydrogens is 580 g/mol. The van der Waals surface area contributed by atoms with E-state index in [0.717, 1.165) is 0 Å². The van der Waals surface area contributed by atoms with Gasteiger partial charge in [0.2, 0.25) is 5.91 Å². The number of carbonyl (C=O) groups is 3. The summed E-state index contributed by atoms with van der Waals surface area (Å²) >= 11 is 0. The van der Waals surface area contributed by atoms with Crippen molar-refractivity contribution in [2.45, 2.75) is 36.5 Å². The fraction of sp³-hybridized carbons (Fsp3) is 0.286. The van der Waals surface area contributed by atoms with Crippen LogP contribution in [0.3, 0.4) is 0 Å². The third kappa shape index (κ3) is 11.2. The number of nitrogens with zero attached hydrogens (tertiary/aromatic N) is 3. The van der Waals surface area contributed by atoms with Gasteiger partial charge < -0.3 is 20.8 Å². The zero-order valence-corrected chi connectivity index (χ0v) is 20.7. The van der Waals surface area contributed by atoms with E-state index < -0.39 is 40.6 Å². The van der Waals surface area contributed by atoms with E-state index in [-0.39, 0.29) is 16.8 Å². The van der Waals surface area contributed by atoms with Crippen LogP contribution in [0.4, 0.5) is 26.3 Å². The Hall–Kier alpha value is -4.26. The van der Waals surface area contributed by atoms with Crippen molar-refractivity contribution < 1.29 is 59.4 Å². The van der Waals surface area contributed by atoms with Crippen LogP contribution < -0.4 is 10.5 Å². The van der Waals surface area contributed by atoms with Crippen LogP contribution >= 0.6 is 0 Å². The summed E-state index contributed by atoms with van der Waals surface area (Å²) in [7, 11) is -3.97. The van der Waals surface area contributed by atoms with Gasteiger partial charge in [0.25, 0.3) is 10.0 Å². The van der Waals surface area contributed by atoms with Crippen LogP contribution in [-0.2, 0) is 24.4 Å². The summed E-state index contributed by atoms with van der Waals surface area (Å²) in [5.41, 5.74) is 6.67. The Kier molecular flexibility index (Phi) is 12.0. The van der Waals surface area contributed by atoms with Gasteiger partial charge in [0.1, 0.15) is 5.84 Å². The van der Waals surface area contributed by atoms with Crippen molar-refractivity contribution in [2.75, 3.05) is 6.54 Å². The molecule has 40 heavy (non-hydrogen) atoms. The lowest BCUT2D eigenvalue weighted by Gasteiger charge is -2.25. The van der Waals surface area contributed by atoms with Crippen LogP contribution in [0.2, 0.25) is 0 Å². The lowest BCUT2D eigenvalue weighted by atomic mass is 10.2. The largest absolute Gasteiger partial charge is 0.490 e. The van der Waals surface area contributed by atoms with E-state index in [1.807, 2.05) is 6.07 Å². The molecule has 19 heteroatoms. The minimum atomic E-state index is -5.08. The predicted molar refractivity (Wildman–Crippen MR) is 124 cm³/mol. The maximum absolute atomic E-state index is 12.6. The van der Waals surface area contributed by atoms with Crippen molar-refractivity contribution in [1.29, 1.82) is 0 Å². The second-order valence-electron chi connectivity index (χ2n) is 7.34. The molecule has 3 rings (SSSR count). The molecule has 1 aliphatic rings. The molecule has 1 atom stereocenters. The van der Waals surface area contributed by atoms with E-state index in [0.29, 0.717) is 24.9 Å². The number of hydrogen-bond donors (Lipinski definition) is 4.